The highest BCUT2D eigenvalue weighted by Gasteiger charge is 2.20. The van der Waals surface area contributed by atoms with Crippen LogP contribution in [0.25, 0.3) is 11.1 Å². The average Bonchev–Trinajstić information content (AvgIpc) is 2.37. The number of carboxylic acids is 1. The number of nitrogens with zero attached hydrogens (tertiary/aromatic N) is 1. The van der Waals surface area contributed by atoms with E-state index in [1.807, 2.05) is 0 Å². The van der Waals surface area contributed by atoms with E-state index in [1.165, 1.54) is 18.2 Å². The van der Waals surface area contributed by atoms with Gasteiger partial charge < -0.3 is 10.1 Å². The summed E-state index contributed by atoms with van der Waals surface area (Å²) in [7, 11) is 0. The van der Waals surface area contributed by atoms with Gasteiger partial charge in [0.15, 0.2) is 0 Å². The van der Waals surface area contributed by atoms with Gasteiger partial charge in [0.05, 0.1) is 5.56 Å². The number of pyridine rings is 1. The smallest absolute Gasteiger partial charge is 0.336 e. The molecule has 0 aliphatic carbocycles. The van der Waals surface area contributed by atoms with Gasteiger partial charge in [0.2, 0.25) is 0 Å². The number of carbonyl (C=O) groups is 1. The standard InChI is InChI=1S/C14H9FN2O3/c1-7-5-9(10(6-16)13(18)17-7)12-8(14(19)20)3-2-4-11(12)15/h2-5H,1H3,(H,17,18)(H,19,20). The number of aromatic carboxylic acids is 1. The summed E-state index contributed by atoms with van der Waals surface area (Å²) in [4.78, 5) is 25.3. The summed E-state index contributed by atoms with van der Waals surface area (Å²) in [6, 6.07) is 6.62. The lowest BCUT2D eigenvalue weighted by Crippen LogP contribution is -2.14. The van der Waals surface area contributed by atoms with Crippen LogP contribution < -0.4 is 5.56 Å². The molecule has 0 amide bonds. The molecule has 0 bridgehead atoms. The monoisotopic (exact) mass is 272 g/mol. The highest BCUT2D eigenvalue weighted by Crippen LogP contribution is 2.28. The molecule has 0 fully saturated rings. The zero-order valence-corrected chi connectivity index (χ0v) is 10.4. The van der Waals surface area contributed by atoms with E-state index in [1.54, 1.807) is 13.0 Å². The Morgan fingerprint density at radius 1 is 1.45 bits per heavy atom. The van der Waals surface area contributed by atoms with Crippen LogP contribution in [-0.2, 0) is 0 Å². The Bertz CT molecular complexity index is 803. The molecule has 0 radical (unpaired) electrons. The average molecular weight is 272 g/mol. The number of carboxylic acid groups (broad SMARTS) is 1. The Balaban J connectivity index is 2.93. The molecule has 0 spiro atoms. The summed E-state index contributed by atoms with van der Waals surface area (Å²) in [5, 5.41) is 18.2. The van der Waals surface area contributed by atoms with E-state index in [2.05, 4.69) is 4.98 Å². The first-order valence-electron chi connectivity index (χ1n) is 5.62. The van der Waals surface area contributed by atoms with Crippen molar-refractivity contribution >= 4 is 5.97 Å². The van der Waals surface area contributed by atoms with Gasteiger partial charge in [-0.2, -0.15) is 5.26 Å². The molecule has 0 atom stereocenters. The van der Waals surface area contributed by atoms with Gasteiger partial charge >= 0.3 is 5.97 Å². The Labute approximate surface area is 112 Å². The number of aromatic nitrogens is 1. The second-order valence-electron chi connectivity index (χ2n) is 4.15. The molecule has 0 unspecified atom stereocenters. The number of hydrogen-bond acceptors (Lipinski definition) is 3. The van der Waals surface area contributed by atoms with E-state index in [0.717, 1.165) is 6.07 Å². The molecule has 20 heavy (non-hydrogen) atoms. The topological polar surface area (TPSA) is 93.9 Å². The largest absolute Gasteiger partial charge is 0.478 e. The summed E-state index contributed by atoms with van der Waals surface area (Å²) in [5.41, 5.74) is -1.17. The number of halogens is 1. The summed E-state index contributed by atoms with van der Waals surface area (Å²) in [5.74, 6) is -2.13. The van der Waals surface area contributed by atoms with Crippen LogP contribution in [0.1, 0.15) is 21.6 Å². The highest BCUT2D eigenvalue weighted by atomic mass is 19.1. The van der Waals surface area contributed by atoms with Gasteiger partial charge in [-0.1, -0.05) is 6.07 Å². The minimum Gasteiger partial charge on any atom is -0.478 e. The number of H-pyrrole nitrogens is 1. The zero-order chi connectivity index (χ0) is 14.9. The third kappa shape index (κ3) is 2.17. The van der Waals surface area contributed by atoms with E-state index in [4.69, 9.17) is 10.4 Å². The molecule has 1 aromatic carbocycles. The predicted octanol–water partition coefficient (Wildman–Crippen LogP) is 2.06. The number of rotatable bonds is 2. The van der Waals surface area contributed by atoms with Gasteiger partial charge in [-0.05, 0) is 25.1 Å². The number of benzene rings is 1. The summed E-state index contributed by atoms with van der Waals surface area (Å²) < 4.78 is 14.0. The summed E-state index contributed by atoms with van der Waals surface area (Å²) in [6.45, 7) is 1.56. The van der Waals surface area contributed by atoms with E-state index in [9.17, 15) is 14.0 Å². The van der Waals surface area contributed by atoms with Crippen LogP contribution in [0.4, 0.5) is 4.39 Å². The summed E-state index contributed by atoms with van der Waals surface area (Å²) >= 11 is 0. The number of aryl methyl sites for hydroxylation is 1. The van der Waals surface area contributed by atoms with E-state index < -0.39 is 17.3 Å². The molecule has 6 heteroatoms. The van der Waals surface area contributed by atoms with Crippen molar-refractivity contribution in [2.24, 2.45) is 0 Å². The number of nitrogens with one attached hydrogen (secondary N) is 1. The van der Waals surface area contributed by atoms with Crippen LogP contribution in [0.5, 0.6) is 0 Å². The molecule has 0 aliphatic heterocycles. The van der Waals surface area contributed by atoms with Crippen molar-refractivity contribution < 1.29 is 14.3 Å². The first-order valence-corrected chi connectivity index (χ1v) is 5.62. The SMILES string of the molecule is Cc1cc(-c2c(F)cccc2C(=O)O)c(C#N)c(=O)[nH]1. The van der Waals surface area contributed by atoms with Crippen molar-refractivity contribution in [2.45, 2.75) is 6.92 Å². The maximum atomic E-state index is 14.0. The van der Waals surface area contributed by atoms with Crippen molar-refractivity contribution in [3.63, 3.8) is 0 Å². The Morgan fingerprint density at radius 2 is 2.15 bits per heavy atom. The Kier molecular flexibility index (Phi) is 3.36. The highest BCUT2D eigenvalue weighted by molar-refractivity contribution is 5.97. The van der Waals surface area contributed by atoms with Gasteiger partial charge in [0.1, 0.15) is 17.4 Å². The van der Waals surface area contributed by atoms with Crippen LogP contribution in [0, 0.1) is 24.1 Å². The predicted molar refractivity (Wildman–Crippen MR) is 68.9 cm³/mol. The van der Waals surface area contributed by atoms with Crippen molar-refractivity contribution in [2.75, 3.05) is 0 Å². The van der Waals surface area contributed by atoms with Crippen molar-refractivity contribution in [3.05, 3.63) is 57.3 Å². The van der Waals surface area contributed by atoms with Crippen LogP contribution in [0.2, 0.25) is 0 Å². The zero-order valence-electron chi connectivity index (χ0n) is 10.4. The minimum atomic E-state index is -1.33. The molecule has 2 N–H and O–H groups in total. The molecule has 2 aromatic rings. The second-order valence-corrected chi connectivity index (χ2v) is 4.15. The molecule has 1 heterocycles. The van der Waals surface area contributed by atoms with Gasteiger partial charge in [-0.25, -0.2) is 9.18 Å². The molecule has 2 rings (SSSR count). The van der Waals surface area contributed by atoms with E-state index in [-0.39, 0.29) is 22.3 Å². The Morgan fingerprint density at radius 3 is 2.75 bits per heavy atom. The van der Waals surface area contributed by atoms with Gasteiger partial charge in [0, 0.05) is 16.8 Å². The molecule has 0 aliphatic rings. The van der Waals surface area contributed by atoms with Crippen molar-refractivity contribution in [1.29, 1.82) is 5.26 Å². The van der Waals surface area contributed by atoms with E-state index >= 15 is 0 Å². The second kappa shape index (κ2) is 4.97. The third-order valence-corrected chi connectivity index (χ3v) is 2.79. The first kappa shape index (κ1) is 13.5. The fourth-order valence-electron chi connectivity index (χ4n) is 1.97. The van der Waals surface area contributed by atoms with E-state index in [0.29, 0.717) is 5.69 Å². The summed E-state index contributed by atoms with van der Waals surface area (Å²) in [6.07, 6.45) is 0. The minimum absolute atomic E-state index is 0.0238. The van der Waals surface area contributed by atoms with Gasteiger partial charge in [0.25, 0.3) is 5.56 Å². The lowest BCUT2D eigenvalue weighted by molar-refractivity contribution is 0.0697. The van der Waals surface area contributed by atoms with Gasteiger partial charge in [-0.15, -0.1) is 0 Å². The van der Waals surface area contributed by atoms with Crippen LogP contribution in [0.15, 0.2) is 29.1 Å². The molecule has 0 saturated heterocycles. The molecular formula is C14H9FN2O3. The fraction of sp³-hybridized carbons (Fsp3) is 0.0714. The molecular weight excluding hydrogens is 263 g/mol. The third-order valence-electron chi connectivity index (χ3n) is 2.79. The number of aromatic amines is 1. The van der Waals surface area contributed by atoms with Crippen LogP contribution >= 0.6 is 0 Å². The normalized spacial score (nSPS) is 10.1. The van der Waals surface area contributed by atoms with Gasteiger partial charge in [-0.3, -0.25) is 4.79 Å². The lowest BCUT2D eigenvalue weighted by Gasteiger charge is -2.09. The van der Waals surface area contributed by atoms with Crippen molar-refractivity contribution in [1.82, 2.24) is 4.98 Å². The van der Waals surface area contributed by atoms with Crippen LogP contribution in [-0.4, -0.2) is 16.1 Å². The van der Waals surface area contributed by atoms with Crippen molar-refractivity contribution in [3.8, 4) is 17.2 Å². The number of hydrogen-bond donors (Lipinski definition) is 2. The molecule has 5 nitrogen and oxygen atoms in total. The molecule has 0 saturated carbocycles. The molecule has 100 valence electrons. The lowest BCUT2D eigenvalue weighted by atomic mass is 9.95. The maximum Gasteiger partial charge on any atom is 0.336 e. The quantitative estimate of drug-likeness (QED) is 0.874. The first-order chi connectivity index (χ1) is 9.45. The number of nitriles is 1. The molecule has 1 aromatic heterocycles. The Hall–Kier alpha value is -2.94. The fourth-order valence-corrected chi connectivity index (χ4v) is 1.97. The maximum absolute atomic E-state index is 14.0. The van der Waals surface area contributed by atoms with Crippen LogP contribution in [0.3, 0.4) is 0 Å².